The first-order chi connectivity index (χ1) is 22.4. The number of amides is 4. The van der Waals surface area contributed by atoms with Crippen molar-refractivity contribution in [1.29, 1.82) is 0 Å². The number of aromatic hydroxyl groups is 2. The number of nitrogens with zero attached hydrogens (tertiary/aromatic N) is 2. The molecule has 4 aliphatic rings. The van der Waals surface area contributed by atoms with Gasteiger partial charge in [-0.3, -0.25) is 24.1 Å². The molecule has 6 atom stereocenters. The van der Waals surface area contributed by atoms with E-state index in [4.69, 9.17) is 27.9 Å². The molecule has 2 aliphatic heterocycles. The molecule has 2 saturated heterocycles. The fourth-order valence-corrected chi connectivity index (χ4v) is 8.82. The summed E-state index contributed by atoms with van der Waals surface area (Å²) >= 11 is 14.7. The van der Waals surface area contributed by atoms with Crippen molar-refractivity contribution >= 4 is 52.5 Å². The second-order valence-electron chi connectivity index (χ2n) is 12.4. The quantitative estimate of drug-likeness (QED) is 0.212. The number of anilines is 1. The van der Waals surface area contributed by atoms with Crippen LogP contribution in [0.1, 0.15) is 29.9 Å². The number of phenolic OH excluding ortho intramolecular Hbond substituents is 2. The lowest BCUT2D eigenvalue weighted by atomic mass is 9.56. The molecule has 2 aliphatic carbocycles. The highest BCUT2D eigenvalue weighted by Crippen LogP contribution is 2.67. The molecular formula is C35H29Cl2FN2O7. The van der Waals surface area contributed by atoms with Crippen molar-refractivity contribution in [3.63, 3.8) is 0 Å². The standard InChI is InChI=1S/C35H29Cl2FN2O7/c1-47-26-4-2-3-25(42)28(26)29-22-13-14-23-27(31(44)39(30(23)43)16-15-18-5-11-21(41)12-6-18)24(22)17-34(36)32(45)40(33(46)35(29,34)37)20-9-7-19(38)8-10-20/h2-13,23-24,27,29,41-42H,14-17H2,1H3/t23-,24+,27-,29+,34+,35-/m0/s1. The van der Waals surface area contributed by atoms with E-state index in [0.717, 1.165) is 22.6 Å². The van der Waals surface area contributed by atoms with Crippen molar-refractivity contribution < 1.29 is 38.5 Å². The number of hydrogen-bond donors (Lipinski definition) is 2. The molecule has 7 rings (SSSR count). The number of alkyl halides is 2. The smallest absolute Gasteiger partial charge is 0.258 e. The van der Waals surface area contributed by atoms with Crippen molar-refractivity contribution in [1.82, 2.24) is 4.90 Å². The number of imide groups is 2. The lowest BCUT2D eigenvalue weighted by molar-refractivity contribution is -0.140. The number of ether oxygens (including phenoxy) is 1. The normalized spacial score (nSPS) is 29.8. The third kappa shape index (κ3) is 4.41. The number of carbonyl (C=O) groups excluding carboxylic acids is 4. The Labute approximate surface area is 279 Å². The molecule has 2 N–H and O–H groups in total. The summed E-state index contributed by atoms with van der Waals surface area (Å²) in [5.74, 6) is -6.73. The van der Waals surface area contributed by atoms with Gasteiger partial charge in [-0.15, -0.1) is 23.2 Å². The first-order valence-electron chi connectivity index (χ1n) is 15.1. The van der Waals surface area contributed by atoms with Crippen LogP contribution in [-0.4, -0.2) is 62.1 Å². The second-order valence-corrected chi connectivity index (χ2v) is 13.6. The van der Waals surface area contributed by atoms with Gasteiger partial charge in [0, 0.05) is 18.0 Å². The van der Waals surface area contributed by atoms with Crippen LogP contribution in [0.15, 0.2) is 78.4 Å². The van der Waals surface area contributed by atoms with Gasteiger partial charge >= 0.3 is 0 Å². The van der Waals surface area contributed by atoms with E-state index in [2.05, 4.69) is 0 Å². The van der Waals surface area contributed by atoms with E-state index in [0.29, 0.717) is 12.0 Å². The van der Waals surface area contributed by atoms with Crippen molar-refractivity contribution in [2.75, 3.05) is 18.6 Å². The van der Waals surface area contributed by atoms with Gasteiger partial charge in [0.25, 0.3) is 11.8 Å². The fraction of sp³-hybridized carbons (Fsp3) is 0.314. The molecule has 0 aromatic heterocycles. The zero-order valence-corrected chi connectivity index (χ0v) is 26.5. The first kappa shape index (κ1) is 31.2. The topological polar surface area (TPSA) is 124 Å². The Balaban J connectivity index is 1.34. The van der Waals surface area contributed by atoms with Gasteiger partial charge in [0.1, 0.15) is 23.1 Å². The van der Waals surface area contributed by atoms with Gasteiger partial charge in [-0.25, -0.2) is 9.29 Å². The van der Waals surface area contributed by atoms with Crippen LogP contribution in [0.25, 0.3) is 0 Å². The average Bonchev–Trinajstić information content (AvgIpc) is 3.39. The predicted octanol–water partition coefficient (Wildman–Crippen LogP) is 5.05. The minimum atomic E-state index is -2.20. The summed E-state index contributed by atoms with van der Waals surface area (Å²) in [5.41, 5.74) is 1.50. The molecule has 9 nitrogen and oxygen atoms in total. The van der Waals surface area contributed by atoms with E-state index in [1.54, 1.807) is 30.3 Å². The molecule has 4 amide bonds. The van der Waals surface area contributed by atoms with E-state index < -0.39 is 57.0 Å². The number of allylic oxidation sites excluding steroid dienone is 2. The Bertz CT molecular complexity index is 1870. The van der Waals surface area contributed by atoms with E-state index in [9.17, 15) is 33.8 Å². The van der Waals surface area contributed by atoms with Gasteiger partial charge < -0.3 is 14.9 Å². The molecule has 242 valence electrons. The highest BCUT2D eigenvalue weighted by molar-refractivity contribution is 6.58. The van der Waals surface area contributed by atoms with Crippen LogP contribution >= 0.6 is 23.2 Å². The minimum Gasteiger partial charge on any atom is -0.508 e. The molecule has 0 unspecified atom stereocenters. The molecule has 0 radical (unpaired) electrons. The highest BCUT2D eigenvalue weighted by Gasteiger charge is 2.77. The number of likely N-dealkylation sites (tertiary alicyclic amines) is 1. The zero-order chi connectivity index (χ0) is 33.4. The highest BCUT2D eigenvalue weighted by atomic mass is 35.5. The number of benzene rings is 3. The van der Waals surface area contributed by atoms with Crippen molar-refractivity contribution in [3.8, 4) is 17.2 Å². The lowest BCUT2D eigenvalue weighted by Gasteiger charge is -2.50. The van der Waals surface area contributed by atoms with Crippen molar-refractivity contribution in [2.45, 2.75) is 34.9 Å². The fourth-order valence-electron chi connectivity index (χ4n) is 7.91. The molecule has 12 heteroatoms. The average molecular weight is 680 g/mol. The molecule has 1 saturated carbocycles. The van der Waals surface area contributed by atoms with Gasteiger partial charge in [0.05, 0.1) is 24.6 Å². The summed E-state index contributed by atoms with van der Waals surface area (Å²) in [5, 5.41) is 20.9. The van der Waals surface area contributed by atoms with Gasteiger partial charge in [-0.1, -0.05) is 29.8 Å². The van der Waals surface area contributed by atoms with Crippen LogP contribution in [0.5, 0.6) is 17.2 Å². The third-order valence-electron chi connectivity index (χ3n) is 10.1. The number of halogens is 3. The number of hydrogen-bond acceptors (Lipinski definition) is 7. The molecule has 47 heavy (non-hydrogen) atoms. The van der Waals surface area contributed by atoms with Crippen LogP contribution in [0.3, 0.4) is 0 Å². The van der Waals surface area contributed by atoms with Crippen molar-refractivity contribution in [2.24, 2.45) is 17.8 Å². The summed E-state index contributed by atoms with van der Waals surface area (Å²) in [6.45, 7) is 0.107. The van der Waals surface area contributed by atoms with E-state index >= 15 is 0 Å². The Hall–Kier alpha value is -4.41. The van der Waals surface area contributed by atoms with Crippen LogP contribution in [0, 0.1) is 23.6 Å². The van der Waals surface area contributed by atoms with E-state index in [-0.39, 0.29) is 53.8 Å². The predicted molar refractivity (Wildman–Crippen MR) is 170 cm³/mol. The molecule has 3 aromatic carbocycles. The number of phenols is 2. The van der Waals surface area contributed by atoms with Crippen LogP contribution in [0.2, 0.25) is 0 Å². The van der Waals surface area contributed by atoms with Gasteiger partial charge in [-0.05, 0) is 79.3 Å². The van der Waals surface area contributed by atoms with E-state index in [1.807, 2.05) is 0 Å². The largest absolute Gasteiger partial charge is 0.508 e. The maximum atomic E-state index is 14.5. The monoisotopic (exact) mass is 678 g/mol. The van der Waals surface area contributed by atoms with Crippen molar-refractivity contribution in [3.05, 3.63) is 95.3 Å². The third-order valence-corrected chi connectivity index (χ3v) is 11.5. The van der Waals surface area contributed by atoms with Gasteiger partial charge in [0.2, 0.25) is 11.8 Å². The minimum absolute atomic E-state index is 0.0567. The van der Waals surface area contributed by atoms with Crippen LogP contribution < -0.4 is 9.64 Å². The second kappa shape index (κ2) is 11.1. The number of rotatable bonds is 6. The summed E-state index contributed by atoms with van der Waals surface area (Å²) in [6.07, 6.45) is 2.06. The molecule has 3 aromatic rings. The lowest BCUT2D eigenvalue weighted by Crippen LogP contribution is -2.60. The Morgan fingerprint density at radius 2 is 1.62 bits per heavy atom. The number of fused-ring (bicyclic) bond motifs is 4. The summed E-state index contributed by atoms with van der Waals surface area (Å²) in [6, 6.07) is 15.8. The van der Waals surface area contributed by atoms with Crippen LogP contribution in [-0.2, 0) is 25.6 Å². The molecule has 0 spiro atoms. The molecule has 3 fully saturated rings. The maximum Gasteiger partial charge on any atom is 0.258 e. The Kier molecular flexibility index (Phi) is 7.37. The van der Waals surface area contributed by atoms with E-state index in [1.165, 1.54) is 42.3 Å². The first-order valence-corrected chi connectivity index (χ1v) is 15.9. The van der Waals surface area contributed by atoms with Gasteiger partial charge in [-0.2, -0.15) is 0 Å². The van der Waals surface area contributed by atoms with Gasteiger partial charge in [0.15, 0.2) is 9.75 Å². The van der Waals surface area contributed by atoms with Crippen LogP contribution in [0.4, 0.5) is 10.1 Å². The SMILES string of the molecule is COc1cccc(O)c1[C@H]1C2=CC[C@@H]3C(=O)N(CCc4ccc(O)cc4)C(=O)[C@@H]3[C@@H]2C[C@@]2(Cl)C(=O)N(c3ccc(F)cc3)C(=O)[C@@]12Cl. The Morgan fingerprint density at radius 3 is 2.30 bits per heavy atom. The summed E-state index contributed by atoms with van der Waals surface area (Å²) in [4.78, 5) is 54.4. The number of methoxy groups -OCH3 is 1. The molecule has 2 heterocycles. The molecular weight excluding hydrogens is 650 g/mol. The molecule has 0 bridgehead atoms. The summed E-state index contributed by atoms with van der Waals surface area (Å²) in [7, 11) is 1.39. The number of carbonyl (C=O) groups is 4. The Morgan fingerprint density at radius 1 is 0.915 bits per heavy atom. The summed E-state index contributed by atoms with van der Waals surface area (Å²) < 4.78 is 19.5. The zero-order valence-electron chi connectivity index (χ0n) is 25.0. The maximum absolute atomic E-state index is 14.5.